The highest BCUT2D eigenvalue weighted by Gasteiger charge is 2.10. The van der Waals surface area contributed by atoms with Gasteiger partial charge in [-0.1, -0.05) is 26.2 Å². The van der Waals surface area contributed by atoms with Crippen LogP contribution in [-0.2, 0) is 0 Å². The number of H-pyrrole nitrogens is 1. The van der Waals surface area contributed by atoms with E-state index in [-0.39, 0.29) is 0 Å². The number of unbranched alkanes of at least 4 members (excludes halogenated alkanes) is 3. The Morgan fingerprint density at radius 2 is 2.11 bits per heavy atom. The first-order chi connectivity index (χ1) is 8.56. The SMILES string of the molecule is CCCCCCNC(=O)n1c(I)cc(=O)[nH]c1=O. The molecular weight excluding hydrogens is 349 g/mol. The quantitative estimate of drug-likeness (QED) is 0.469. The molecule has 0 unspecified atom stereocenters. The van der Waals surface area contributed by atoms with E-state index in [0.29, 0.717) is 10.2 Å². The zero-order chi connectivity index (χ0) is 13.5. The van der Waals surface area contributed by atoms with Gasteiger partial charge in [0, 0.05) is 12.6 Å². The maximum atomic E-state index is 11.8. The lowest BCUT2D eigenvalue weighted by Crippen LogP contribution is -2.41. The lowest BCUT2D eigenvalue weighted by molar-refractivity contribution is 0.240. The number of hydrogen-bond acceptors (Lipinski definition) is 3. The Morgan fingerprint density at radius 1 is 1.39 bits per heavy atom. The summed E-state index contributed by atoms with van der Waals surface area (Å²) in [5.74, 6) is 0. The summed E-state index contributed by atoms with van der Waals surface area (Å²) < 4.78 is 1.22. The van der Waals surface area contributed by atoms with E-state index in [9.17, 15) is 14.4 Å². The van der Waals surface area contributed by atoms with Gasteiger partial charge in [0.25, 0.3) is 5.56 Å². The van der Waals surface area contributed by atoms with E-state index in [1.807, 2.05) is 0 Å². The number of halogens is 1. The minimum absolute atomic E-state index is 0.299. The standard InChI is InChI=1S/C11H16IN3O3/c1-2-3-4-5-6-13-10(17)15-8(12)7-9(16)14-11(15)18/h7H,2-6H2,1H3,(H,13,17)(H,14,16,18). The van der Waals surface area contributed by atoms with Crippen LogP contribution in [0, 0.1) is 3.70 Å². The van der Waals surface area contributed by atoms with E-state index in [1.165, 1.54) is 6.07 Å². The van der Waals surface area contributed by atoms with Crippen LogP contribution in [0.3, 0.4) is 0 Å². The molecule has 1 aromatic heterocycles. The molecule has 0 radical (unpaired) electrons. The van der Waals surface area contributed by atoms with Crippen LogP contribution in [0.5, 0.6) is 0 Å². The maximum absolute atomic E-state index is 11.8. The fraction of sp³-hybridized carbons (Fsp3) is 0.545. The van der Waals surface area contributed by atoms with Gasteiger partial charge in [0.15, 0.2) is 0 Å². The minimum atomic E-state index is -0.710. The Morgan fingerprint density at radius 3 is 2.72 bits per heavy atom. The summed E-state index contributed by atoms with van der Waals surface area (Å²) in [6.07, 6.45) is 4.19. The van der Waals surface area contributed by atoms with Crippen LogP contribution in [0.2, 0.25) is 0 Å². The third kappa shape index (κ3) is 4.28. The summed E-state index contributed by atoms with van der Waals surface area (Å²) in [5, 5.41) is 2.66. The summed E-state index contributed by atoms with van der Waals surface area (Å²) in [7, 11) is 0. The average molecular weight is 365 g/mol. The highest BCUT2D eigenvalue weighted by Crippen LogP contribution is 1.99. The lowest BCUT2D eigenvalue weighted by atomic mass is 10.2. The van der Waals surface area contributed by atoms with Crippen molar-refractivity contribution in [3.63, 3.8) is 0 Å². The van der Waals surface area contributed by atoms with Gasteiger partial charge in [0.05, 0.1) is 3.70 Å². The van der Waals surface area contributed by atoms with Gasteiger partial charge in [-0.15, -0.1) is 0 Å². The van der Waals surface area contributed by atoms with Crippen molar-refractivity contribution in [2.45, 2.75) is 32.6 Å². The van der Waals surface area contributed by atoms with Crippen LogP contribution < -0.4 is 16.6 Å². The molecule has 0 aromatic carbocycles. The van der Waals surface area contributed by atoms with Crippen molar-refractivity contribution in [1.82, 2.24) is 14.9 Å². The number of nitrogens with one attached hydrogen (secondary N) is 2. The normalized spacial score (nSPS) is 10.3. The molecule has 2 N–H and O–H groups in total. The largest absolute Gasteiger partial charge is 0.337 e. The van der Waals surface area contributed by atoms with E-state index < -0.39 is 17.3 Å². The van der Waals surface area contributed by atoms with Crippen LogP contribution in [-0.4, -0.2) is 22.1 Å². The molecule has 0 aliphatic rings. The Labute approximate surface area is 118 Å². The predicted octanol–water partition coefficient (Wildman–Crippen LogP) is 1.28. The topological polar surface area (TPSA) is 84.0 Å². The zero-order valence-electron chi connectivity index (χ0n) is 10.2. The molecule has 0 aliphatic carbocycles. The first kappa shape index (κ1) is 14.9. The number of nitrogens with zero attached hydrogens (tertiary/aromatic N) is 1. The maximum Gasteiger partial charge on any atom is 0.337 e. The second kappa shape index (κ2) is 7.34. The van der Waals surface area contributed by atoms with E-state index in [4.69, 9.17) is 0 Å². The molecule has 0 bridgehead atoms. The molecule has 1 heterocycles. The van der Waals surface area contributed by atoms with Gasteiger partial charge in [-0.05, 0) is 29.0 Å². The number of carbonyl (C=O) groups is 1. The molecule has 18 heavy (non-hydrogen) atoms. The molecule has 0 atom stereocenters. The number of aromatic nitrogens is 2. The Balaban J connectivity index is 2.62. The van der Waals surface area contributed by atoms with Crippen LogP contribution >= 0.6 is 22.6 Å². The van der Waals surface area contributed by atoms with Gasteiger partial charge in [-0.3, -0.25) is 9.78 Å². The first-order valence-corrected chi connectivity index (χ1v) is 6.94. The average Bonchev–Trinajstić information content (AvgIpc) is 2.27. The second-order valence-electron chi connectivity index (χ2n) is 3.89. The smallest absolute Gasteiger partial charge is 0.337 e. The molecular formula is C11H16IN3O3. The van der Waals surface area contributed by atoms with E-state index in [2.05, 4.69) is 17.2 Å². The van der Waals surface area contributed by atoms with Gasteiger partial charge < -0.3 is 5.32 Å². The summed E-state index contributed by atoms with van der Waals surface area (Å²) in [6.45, 7) is 2.64. The van der Waals surface area contributed by atoms with Crippen LogP contribution in [0.4, 0.5) is 4.79 Å². The molecule has 0 saturated carbocycles. The number of hydrogen-bond donors (Lipinski definition) is 2. The van der Waals surface area contributed by atoms with E-state index in [1.54, 1.807) is 22.6 Å². The fourth-order valence-corrected chi connectivity index (χ4v) is 2.20. The van der Waals surface area contributed by atoms with Gasteiger partial charge in [-0.25, -0.2) is 14.2 Å². The van der Waals surface area contributed by atoms with Gasteiger partial charge in [0.1, 0.15) is 0 Å². The molecule has 0 aliphatic heterocycles. The van der Waals surface area contributed by atoms with Crippen LogP contribution in [0.1, 0.15) is 32.6 Å². The number of rotatable bonds is 5. The van der Waals surface area contributed by atoms with Gasteiger partial charge >= 0.3 is 11.7 Å². The van der Waals surface area contributed by atoms with Crippen molar-refractivity contribution in [2.75, 3.05) is 6.54 Å². The van der Waals surface area contributed by atoms with Crippen molar-refractivity contribution in [1.29, 1.82) is 0 Å². The van der Waals surface area contributed by atoms with Crippen molar-refractivity contribution < 1.29 is 4.79 Å². The summed E-state index contributed by atoms with van der Waals surface area (Å²) in [5.41, 5.74) is -1.21. The van der Waals surface area contributed by atoms with Crippen LogP contribution in [0.25, 0.3) is 0 Å². The first-order valence-electron chi connectivity index (χ1n) is 5.86. The fourth-order valence-electron chi connectivity index (χ4n) is 1.48. The summed E-state index contributed by atoms with van der Waals surface area (Å²) in [4.78, 5) is 36.3. The third-order valence-electron chi connectivity index (χ3n) is 2.41. The van der Waals surface area contributed by atoms with Crippen LogP contribution in [0.15, 0.2) is 15.7 Å². The predicted molar refractivity (Wildman–Crippen MR) is 77.0 cm³/mol. The zero-order valence-corrected chi connectivity index (χ0v) is 12.3. The molecule has 0 saturated heterocycles. The molecule has 7 heteroatoms. The molecule has 1 amide bonds. The van der Waals surface area contributed by atoms with Gasteiger partial charge in [-0.2, -0.15) is 0 Å². The minimum Gasteiger partial charge on any atom is -0.337 e. The Kier molecular flexibility index (Phi) is 6.10. The van der Waals surface area contributed by atoms with Crippen molar-refractivity contribution in [3.05, 3.63) is 30.6 Å². The third-order valence-corrected chi connectivity index (χ3v) is 3.20. The number of amides is 1. The van der Waals surface area contributed by atoms with E-state index >= 15 is 0 Å². The Bertz CT molecular complexity index is 521. The van der Waals surface area contributed by atoms with Crippen molar-refractivity contribution in [2.24, 2.45) is 0 Å². The molecule has 6 nitrogen and oxygen atoms in total. The molecule has 100 valence electrons. The molecule has 0 spiro atoms. The number of aromatic amines is 1. The molecule has 0 fully saturated rings. The summed E-state index contributed by atoms with van der Waals surface area (Å²) >= 11 is 1.78. The van der Waals surface area contributed by atoms with Gasteiger partial charge in [0.2, 0.25) is 0 Å². The summed E-state index contributed by atoms with van der Waals surface area (Å²) in [6, 6.07) is 0.704. The highest BCUT2D eigenvalue weighted by atomic mass is 127. The Hall–Kier alpha value is -1.12. The lowest BCUT2D eigenvalue weighted by Gasteiger charge is -2.08. The van der Waals surface area contributed by atoms with Crippen molar-refractivity contribution >= 4 is 28.6 Å². The highest BCUT2D eigenvalue weighted by molar-refractivity contribution is 14.1. The monoisotopic (exact) mass is 365 g/mol. The number of carbonyl (C=O) groups excluding carboxylic acids is 1. The molecule has 1 aromatic rings. The second-order valence-corrected chi connectivity index (χ2v) is 4.99. The van der Waals surface area contributed by atoms with Crippen molar-refractivity contribution in [3.8, 4) is 0 Å². The van der Waals surface area contributed by atoms with E-state index in [0.717, 1.165) is 30.3 Å². The molecule has 1 rings (SSSR count).